The molecule has 0 fully saturated rings. The van der Waals surface area contributed by atoms with Gasteiger partial charge >= 0.3 is 0 Å². The van der Waals surface area contributed by atoms with E-state index < -0.39 is 0 Å². The van der Waals surface area contributed by atoms with E-state index in [1.54, 1.807) is 18.2 Å². The Bertz CT molecular complexity index is 669. The van der Waals surface area contributed by atoms with Crippen LogP contribution in [0.5, 0.6) is 5.75 Å². The lowest BCUT2D eigenvalue weighted by molar-refractivity contribution is 0.241. The molecule has 134 valence electrons. The van der Waals surface area contributed by atoms with Gasteiger partial charge in [0.1, 0.15) is 11.9 Å². The van der Waals surface area contributed by atoms with Crippen LogP contribution in [0.3, 0.4) is 0 Å². The highest BCUT2D eigenvalue weighted by molar-refractivity contribution is 6.32. The van der Waals surface area contributed by atoms with Crippen molar-refractivity contribution in [2.24, 2.45) is 0 Å². The summed E-state index contributed by atoms with van der Waals surface area (Å²) >= 11 is 6.15. The average molecular weight is 359 g/mol. The smallest absolute Gasteiger partial charge is 0.138 e. The number of ether oxygens (including phenoxy) is 1. The molecule has 0 saturated heterocycles. The van der Waals surface area contributed by atoms with Gasteiger partial charge in [0.15, 0.2) is 0 Å². The third kappa shape index (κ3) is 5.63. The highest BCUT2D eigenvalue weighted by Gasteiger charge is 2.26. The van der Waals surface area contributed by atoms with Gasteiger partial charge in [-0.1, -0.05) is 43.2 Å². The molecule has 0 amide bonds. The molecular formula is C21H27ClN2O. The zero-order chi connectivity index (χ0) is 18.1. The number of rotatable bonds is 5. The van der Waals surface area contributed by atoms with Gasteiger partial charge in [0.05, 0.1) is 16.7 Å². The lowest BCUT2D eigenvalue weighted by Crippen LogP contribution is -2.15. The maximum atomic E-state index is 8.83. The molecule has 0 spiro atoms. The zero-order valence-electron chi connectivity index (χ0n) is 15.1. The van der Waals surface area contributed by atoms with Crippen molar-refractivity contribution >= 4 is 11.6 Å². The normalized spacial score (nSPS) is 18.2. The fourth-order valence-electron chi connectivity index (χ4n) is 3.09. The van der Waals surface area contributed by atoms with Crippen LogP contribution in [-0.4, -0.2) is 19.2 Å². The van der Waals surface area contributed by atoms with Crippen LogP contribution in [0.15, 0.2) is 41.5 Å². The van der Waals surface area contributed by atoms with Crippen molar-refractivity contribution in [1.82, 2.24) is 5.32 Å². The van der Waals surface area contributed by atoms with Crippen molar-refractivity contribution in [3.8, 4) is 11.8 Å². The lowest BCUT2D eigenvalue weighted by Gasteiger charge is -2.18. The first-order valence-corrected chi connectivity index (χ1v) is 9.52. The summed E-state index contributed by atoms with van der Waals surface area (Å²) in [5.41, 5.74) is 3.41. The van der Waals surface area contributed by atoms with Crippen molar-refractivity contribution in [1.29, 1.82) is 5.26 Å². The number of nitriles is 1. The largest absolute Gasteiger partial charge is 0.484 e. The Hall–Kier alpha value is -1.76. The summed E-state index contributed by atoms with van der Waals surface area (Å²) in [5.74, 6) is 0.665. The minimum absolute atomic E-state index is 0.108. The Morgan fingerprint density at radius 1 is 1.32 bits per heavy atom. The van der Waals surface area contributed by atoms with Crippen LogP contribution >= 0.6 is 11.6 Å². The number of hydrogen-bond donors (Lipinski definition) is 1. The molecule has 1 atom stereocenters. The SMILES string of the molecule is CCCNCC.N#Cc1ccc(OC2CCC3=C2C=CCC3)c(Cl)c1. The summed E-state index contributed by atoms with van der Waals surface area (Å²) in [4.78, 5) is 0. The van der Waals surface area contributed by atoms with Gasteiger partial charge in [-0.3, -0.25) is 0 Å². The summed E-state index contributed by atoms with van der Waals surface area (Å²) in [6, 6.07) is 7.25. The van der Waals surface area contributed by atoms with E-state index in [0.717, 1.165) is 38.8 Å². The second-order valence-electron chi connectivity index (χ2n) is 6.26. The molecule has 0 heterocycles. The van der Waals surface area contributed by atoms with Crippen LogP contribution in [-0.2, 0) is 0 Å². The molecule has 0 bridgehead atoms. The van der Waals surface area contributed by atoms with E-state index in [0.29, 0.717) is 16.3 Å². The standard InChI is InChI=1S/C16H14ClNO.C5H13N/c17-14-9-11(10-18)5-7-16(14)19-15-8-6-12-3-1-2-4-13(12)15;1-3-5-6-4-2/h2,4-5,7,9,15H,1,3,6,8H2;6H,3-5H2,1-2H3. The summed E-state index contributed by atoms with van der Waals surface area (Å²) in [5, 5.41) is 12.5. The van der Waals surface area contributed by atoms with Crippen LogP contribution in [0.25, 0.3) is 0 Å². The summed E-state index contributed by atoms with van der Waals surface area (Å²) in [6.07, 6.45) is 10.2. The molecule has 2 aliphatic carbocycles. The van der Waals surface area contributed by atoms with Crippen LogP contribution in [0, 0.1) is 11.3 Å². The number of hydrogen-bond acceptors (Lipinski definition) is 3. The van der Waals surface area contributed by atoms with E-state index in [-0.39, 0.29) is 6.10 Å². The second-order valence-corrected chi connectivity index (χ2v) is 6.66. The molecule has 3 rings (SSSR count). The van der Waals surface area contributed by atoms with E-state index >= 15 is 0 Å². The van der Waals surface area contributed by atoms with Crippen LogP contribution in [0.2, 0.25) is 5.02 Å². The summed E-state index contributed by atoms with van der Waals surface area (Å²) in [7, 11) is 0. The minimum atomic E-state index is 0.108. The van der Waals surface area contributed by atoms with Gasteiger partial charge in [-0.2, -0.15) is 5.26 Å². The van der Waals surface area contributed by atoms with Gasteiger partial charge in [0.25, 0.3) is 0 Å². The van der Waals surface area contributed by atoms with Crippen molar-refractivity contribution in [2.45, 2.75) is 52.1 Å². The molecule has 1 N–H and O–H groups in total. The number of benzene rings is 1. The number of allylic oxidation sites excluding steroid dienone is 2. The van der Waals surface area contributed by atoms with Crippen molar-refractivity contribution in [3.63, 3.8) is 0 Å². The van der Waals surface area contributed by atoms with Gasteiger partial charge < -0.3 is 10.1 Å². The molecule has 1 unspecified atom stereocenters. The van der Waals surface area contributed by atoms with Gasteiger partial charge in [-0.05, 0) is 69.0 Å². The van der Waals surface area contributed by atoms with Crippen molar-refractivity contribution in [2.75, 3.05) is 13.1 Å². The topological polar surface area (TPSA) is 45.0 Å². The van der Waals surface area contributed by atoms with Crippen molar-refractivity contribution in [3.05, 3.63) is 52.1 Å². The number of nitrogens with zero attached hydrogens (tertiary/aromatic N) is 1. The molecule has 1 aromatic carbocycles. The molecule has 25 heavy (non-hydrogen) atoms. The molecule has 0 aromatic heterocycles. The Kier molecular flexibility index (Phi) is 8.04. The second kappa shape index (κ2) is 10.3. The summed E-state index contributed by atoms with van der Waals surface area (Å²) < 4.78 is 6.02. The first-order chi connectivity index (χ1) is 12.2. The van der Waals surface area contributed by atoms with E-state index in [9.17, 15) is 0 Å². The lowest BCUT2D eigenvalue weighted by atomic mass is 10.00. The molecule has 2 aliphatic rings. The van der Waals surface area contributed by atoms with E-state index in [1.807, 2.05) is 0 Å². The predicted octanol–water partition coefficient (Wildman–Crippen LogP) is 5.41. The number of nitrogens with one attached hydrogen (secondary N) is 1. The predicted molar refractivity (Wildman–Crippen MR) is 104 cm³/mol. The van der Waals surface area contributed by atoms with Crippen LogP contribution in [0.4, 0.5) is 0 Å². The molecule has 3 nitrogen and oxygen atoms in total. The Balaban J connectivity index is 0.000000326. The fraction of sp³-hybridized carbons (Fsp3) is 0.476. The first-order valence-electron chi connectivity index (χ1n) is 9.15. The Morgan fingerprint density at radius 2 is 2.16 bits per heavy atom. The Labute approximate surface area is 156 Å². The maximum absolute atomic E-state index is 8.83. The third-order valence-corrected chi connectivity index (χ3v) is 4.68. The van der Waals surface area contributed by atoms with Crippen LogP contribution < -0.4 is 10.1 Å². The fourth-order valence-corrected chi connectivity index (χ4v) is 3.32. The summed E-state index contributed by atoms with van der Waals surface area (Å²) in [6.45, 7) is 6.56. The van der Waals surface area contributed by atoms with Gasteiger partial charge in [-0.25, -0.2) is 0 Å². The minimum Gasteiger partial charge on any atom is -0.484 e. The van der Waals surface area contributed by atoms with E-state index in [2.05, 4.69) is 37.4 Å². The Morgan fingerprint density at radius 3 is 2.80 bits per heavy atom. The van der Waals surface area contributed by atoms with Gasteiger partial charge in [-0.15, -0.1) is 0 Å². The highest BCUT2D eigenvalue weighted by Crippen LogP contribution is 2.37. The number of halogens is 1. The van der Waals surface area contributed by atoms with Crippen molar-refractivity contribution < 1.29 is 4.74 Å². The quantitative estimate of drug-likeness (QED) is 0.716. The average Bonchev–Trinajstić information content (AvgIpc) is 3.05. The molecule has 0 saturated carbocycles. The zero-order valence-corrected chi connectivity index (χ0v) is 15.9. The monoisotopic (exact) mass is 358 g/mol. The van der Waals surface area contributed by atoms with E-state index in [4.69, 9.17) is 21.6 Å². The van der Waals surface area contributed by atoms with E-state index in [1.165, 1.54) is 17.6 Å². The molecule has 0 radical (unpaired) electrons. The highest BCUT2D eigenvalue weighted by atomic mass is 35.5. The third-order valence-electron chi connectivity index (χ3n) is 4.38. The van der Waals surface area contributed by atoms with Crippen LogP contribution in [0.1, 0.15) is 51.5 Å². The molecule has 1 aromatic rings. The van der Waals surface area contributed by atoms with Gasteiger partial charge in [0.2, 0.25) is 0 Å². The molecular weight excluding hydrogens is 332 g/mol. The first kappa shape index (κ1) is 19.6. The maximum Gasteiger partial charge on any atom is 0.138 e. The molecule has 0 aliphatic heterocycles. The van der Waals surface area contributed by atoms with Gasteiger partial charge in [0, 0.05) is 0 Å². The molecule has 4 heteroatoms.